The third-order valence-corrected chi connectivity index (χ3v) is 1.68. The van der Waals surface area contributed by atoms with Crippen LogP contribution in [0.25, 0.3) is 0 Å². The zero-order chi connectivity index (χ0) is 12.1. The van der Waals surface area contributed by atoms with E-state index in [1.165, 1.54) is 0 Å². The van der Waals surface area contributed by atoms with Gasteiger partial charge in [0, 0.05) is 23.4 Å². The first-order valence-corrected chi connectivity index (χ1v) is 4.96. The number of amides is 1. The van der Waals surface area contributed by atoms with Crippen LogP contribution in [0.4, 0.5) is 4.79 Å². The Kier molecular flexibility index (Phi) is 5.36. The van der Waals surface area contributed by atoms with Gasteiger partial charge in [-0.15, -0.1) is 0 Å². The molecule has 1 amide bonds. The van der Waals surface area contributed by atoms with Crippen LogP contribution in [0, 0.1) is 5.41 Å². The molecule has 0 saturated heterocycles. The van der Waals surface area contributed by atoms with Crippen molar-refractivity contribution in [2.75, 3.05) is 6.54 Å². The number of rotatable bonds is 3. The predicted molar refractivity (Wildman–Crippen MR) is 61.6 cm³/mol. The van der Waals surface area contributed by atoms with Gasteiger partial charge in [-0.2, -0.15) is 0 Å². The van der Waals surface area contributed by atoms with Gasteiger partial charge < -0.3 is 15.5 Å². The number of alkyl carbamates (subject to hydrolysis) is 1. The van der Waals surface area contributed by atoms with E-state index in [9.17, 15) is 4.79 Å². The number of hydrogen-bond donors (Lipinski definition) is 2. The summed E-state index contributed by atoms with van der Waals surface area (Å²) in [5.74, 6) is 0. The third kappa shape index (κ3) is 6.96. The first kappa shape index (κ1) is 14.0. The summed E-state index contributed by atoms with van der Waals surface area (Å²) in [4.78, 5) is 11.2. The molecule has 0 bridgehead atoms. The van der Waals surface area contributed by atoms with Gasteiger partial charge in [0.2, 0.25) is 0 Å². The van der Waals surface area contributed by atoms with Crippen molar-refractivity contribution in [1.82, 2.24) is 5.32 Å². The molecule has 86 valence electrons. The van der Waals surface area contributed by atoms with Crippen LogP contribution in [-0.4, -0.2) is 24.5 Å². The molecule has 0 aliphatic carbocycles. The number of carbonyl (C=O) groups is 1. The van der Waals surface area contributed by atoms with Crippen LogP contribution in [0.3, 0.4) is 0 Å². The second kappa shape index (κ2) is 5.75. The normalized spacial score (nSPS) is 12.9. The van der Waals surface area contributed by atoms with Crippen molar-refractivity contribution in [1.29, 1.82) is 5.41 Å². The van der Waals surface area contributed by atoms with Crippen LogP contribution >= 0.6 is 11.6 Å². The van der Waals surface area contributed by atoms with E-state index in [0.717, 1.165) is 6.21 Å². The van der Waals surface area contributed by atoms with Crippen molar-refractivity contribution in [2.45, 2.75) is 33.3 Å². The molecule has 0 heterocycles. The minimum Gasteiger partial charge on any atom is -0.444 e. The molecule has 5 heteroatoms. The van der Waals surface area contributed by atoms with E-state index in [-0.39, 0.29) is 6.54 Å². The SMILES string of the molecule is C/C(Cl)=C(/C=N)CNC(=O)OC(C)(C)C. The highest BCUT2D eigenvalue weighted by atomic mass is 35.5. The van der Waals surface area contributed by atoms with Gasteiger partial charge in [0.05, 0.1) is 0 Å². The Hall–Kier alpha value is -1.03. The minimum atomic E-state index is -0.519. The highest BCUT2D eigenvalue weighted by Gasteiger charge is 2.15. The molecule has 0 atom stereocenters. The van der Waals surface area contributed by atoms with Gasteiger partial charge >= 0.3 is 6.09 Å². The van der Waals surface area contributed by atoms with E-state index < -0.39 is 11.7 Å². The Bertz CT molecular complexity index is 276. The number of nitrogens with one attached hydrogen (secondary N) is 2. The Labute approximate surface area is 95.1 Å². The van der Waals surface area contributed by atoms with Gasteiger partial charge in [0.25, 0.3) is 0 Å². The monoisotopic (exact) mass is 232 g/mol. The maximum absolute atomic E-state index is 11.2. The maximum Gasteiger partial charge on any atom is 0.407 e. The van der Waals surface area contributed by atoms with Crippen LogP contribution in [0.15, 0.2) is 10.6 Å². The topological polar surface area (TPSA) is 62.2 Å². The van der Waals surface area contributed by atoms with E-state index in [1.54, 1.807) is 27.7 Å². The molecule has 0 rings (SSSR count). The summed E-state index contributed by atoms with van der Waals surface area (Å²) in [7, 11) is 0. The number of hydrogen-bond acceptors (Lipinski definition) is 3. The predicted octanol–water partition coefficient (Wildman–Crippen LogP) is 2.67. The third-order valence-electron chi connectivity index (χ3n) is 1.44. The molecule has 0 aromatic rings. The van der Waals surface area contributed by atoms with E-state index >= 15 is 0 Å². The fourth-order valence-corrected chi connectivity index (χ4v) is 0.875. The largest absolute Gasteiger partial charge is 0.444 e. The minimum absolute atomic E-state index is 0.202. The lowest BCUT2D eigenvalue weighted by molar-refractivity contribution is 0.0533. The van der Waals surface area contributed by atoms with E-state index in [1.807, 2.05) is 0 Å². The molecule has 0 saturated carbocycles. The first-order valence-electron chi connectivity index (χ1n) is 4.59. The van der Waals surface area contributed by atoms with Crippen molar-refractivity contribution in [3.8, 4) is 0 Å². The molecule has 0 spiro atoms. The quantitative estimate of drug-likeness (QED) is 0.735. The molecule has 0 aromatic heterocycles. The molecular weight excluding hydrogens is 216 g/mol. The Balaban J connectivity index is 4.12. The van der Waals surface area contributed by atoms with Crippen molar-refractivity contribution in [2.24, 2.45) is 0 Å². The standard InChI is InChI=1S/C10H17ClN2O2/c1-7(11)8(5-12)6-13-9(14)15-10(2,3)4/h5,12H,6H2,1-4H3,(H,13,14)/b8-7+,12-5?. The first-order chi connectivity index (χ1) is 6.76. The zero-order valence-corrected chi connectivity index (χ0v) is 10.2. The summed E-state index contributed by atoms with van der Waals surface area (Å²) < 4.78 is 5.02. The lowest BCUT2D eigenvalue weighted by Crippen LogP contribution is -2.33. The number of allylic oxidation sites excluding steroid dienone is 1. The fraction of sp³-hybridized carbons (Fsp3) is 0.600. The average molecular weight is 233 g/mol. The van der Waals surface area contributed by atoms with Gasteiger partial charge in [0.15, 0.2) is 0 Å². The fourth-order valence-electron chi connectivity index (χ4n) is 0.754. The highest BCUT2D eigenvalue weighted by Crippen LogP contribution is 2.08. The second-order valence-electron chi connectivity index (χ2n) is 4.06. The molecule has 4 nitrogen and oxygen atoms in total. The summed E-state index contributed by atoms with van der Waals surface area (Å²) in [5, 5.41) is 10.1. The van der Waals surface area contributed by atoms with Crippen LogP contribution in [0.5, 0.6) is 0 Å². The molecule has 0 aromatic carbocycles. The highest BCUT2D eigenvalue weighted by molar-refractivity contribution is 6.30. The summed E-state index contributed by atoms with van der Waals surface area (Å²) >= 11 is 5.70. The summed E-state index contributed by atoms with van der Waals surface area (Å²) in [6.45, 7) is 7.22. The van der Waals surface area contributed by atoms with Gasteiger partial charge in [-0.25, -0.2) is 4.79 Å². The van der Waals surface area contributed by atoms with Gasteiger partial charge in [0.1, 0.15) is 5.60 Å². The molecule has 0 unspecified atom stereocenters. The molecule has 0 aliphatic heterocycles. The van der Waals surface area contributed by atoms with Gasteiger partial charge in [-0.1, -0.05) is 11.6 Å². The average Bonchev–Trinajstić information content (AvgIpc) is 2.01. The number of halogens is 1. The Morgan fingerprint density at radius 2 is 2.07 bits per heavy atom. The summed E-state index contributed by atoms with van der Waals surface area (Å²) in [6.07, 6.45) is 0.597. The molecule has 15 heavy (non-hydrogen) atoms. The zero-order valence-electron chi connectivity index (χ0n) is 9.48. The van der Waals surface area contributed by atoms with Gasteiger partial charge in [-0.3, -0.25) is 0 Å². The van der Waals surface area contributed by atoms with E-state index in [0.29, 0.717) is 10.6 Å². The molecule has 2 N–H and O–H groups in total. The van der Waals surface area contributed by atoms with Crippen LogP contribution < -0.4 is 5.32 Å². The lowest BCUT2D eigenvalue weighted by atomic mass is 10.2. The van der Waals surface area contributed by atoms with E-state index in [4.69, 9.17) is 21.7 Å². The second-order valence-corrected chi connectivity index (χ2v) is 4.63. The smallest absolute Gasteiger partial charge is 0.407 e. The number of ether oxygens (including phenoxy) is 1. The van der Waals surface area contributed by atoms with Crippen molar-refractivity contribution in [3.05, 3.63) is 10.6 Å². The molecule has 0 fully saturated rings. The van der Waals surface area contributed by atoms with Crippen molar-refractivity contribution in [3.63, 3.8) is 0 Å². The lowest BCUT2D eigenvalue weighted by Gasteiger charge is -2.19. The van der Waals surface area contributed by atoms with Gasteiger partial charge in [-0.05, 0) is 27.7 Å². The summed E-state index contributed by atoms with van der Waals surface area (Å²) in [5.41, 5.74) is 0.0387. The molecule has 0 radical (unpaired) electrons. The van der Waals surface area contributed by atoms with E-state index in [2.05, 4.69) is 5.32 Å². The Morgan fingerprint density at radius 1 is 1.53 bits per heavy atom. The maximum atomic E-state index is 11.2. The summed E-state index contributed by atoms with van der Waals surface area (Å²) in [6, 6.07) is 0. The van der Waals surface area contributed by atoms with Crippen LogP contribution in [0.1, 0.15) is 27.7 Å². The van der Waals surface area contributed by atoms with Crippen molar-refractivity contribution >= 4 is 23.9 Å². The number of carbonyl (C=O) groups excluding carboxylic acids is 1. The van der Waals surface area contributed by atoms with Crippen LogP contribution in [-0.2, 0) is 4.74 Å². The van der Waals surface area contributed by atoms with Crippen molar-refractivity contribution < 1.29 is 9.53 Å². The molecule has 0 aliphatic rings. The van der Waals surface area contributed by atoms with Crippen LogP contribution in [0.2, 0.25) is 0 Å². The molecular formula is C10H17ClN2O2. The Morgan fingerprint density at radius 3 is 2.40 bits per heavy atom.